The molecule has 0 radical (unpaired) electrons. The highest BCUT2D eigenvalue weighted by molar-refractivity contribution is 5.93. The molecule has 3 fully saturated rings. The fraction of sp³-hybridized carbons (Fsp3) is 0.865. The molecular formula is C37H60O7. The monoisotopic (exact) mass is 616 g/mol. The smallest absolute Gasteiger partial charge is 0.308 e. The molecule has 7 heteroatoms. The molecule has 250 valence electrons. The number of ether oxygens (including phenoxy) is 1. The van der Waals surface area contributed by atoms with Gasteiger partial charge in [-0.25, -0.2) is 0 Å². The summed E-state index contributed by atoms with van der Waals surface area (Å²) < 4.78 is 5.16. The number of fused-ring (bicyclic) bond motifs is 5. The second kappa shape index (κ2) is 15.3. The van der Waals surface area contributed by atoms with Crippen LogP contribution in [0.15, 0.2) is 11.6 Å². The predicted molar refractivity (Wildman–Crippen MR) is 170 cm³/mol. The Labute approximate surface area is 265 Å². The molecule has 1 unspecified atom stereocenters. The standard InChI is InChI=1S/C37H60O7/c1-4-5-6-7-8-9-10-11-12-13-14-15-16-17-31(40)44-34(42)33(41)37(43)23-21-29-28-19-18-26-24-27(38)20-22-35(26,2)32(28)30(39)25-36(29,37)3/h24,28-30,32,34,39,42-43H,4-23,25H2,1-3H3/t28-,29-,30-,32+,34?,35-,36-,37-/m0/s1. The molecule has 0 saturated heterocycles. The highest BCUT2D eigenvalue weighted by Gasteiger charge is 2.69. The molecule has 0 spiro atoms. The molecule has 4 aliphatic rings. The number of aliphatic hydroxyl groups is 3. The van der Waals surface area contributed by atoms with Crippen molar-refractivity contribution in [1.29, 1.82) is 0 Å². The van der Waals surface area contributed by atoms with Crippen LogP contribution in [0, 0.1) is 28.6 Å². The number of carbonyl (C=O) groups excluding carboxylic acids is 3. The zero-order chi connectivity index (χ0) is 32.0. The minimum absolute atomic E-state index is 0.00505. The first-order valence-corrected chi connectivity index (χ1v) is 18.0. The van der Waals surface area contributed by atoms with Crippen LogP contribution in [0.4, 0.5) is 0 Å². The first-order valence-electron chi connectivity index (χ1n) is 18.0. The SMILES string of the molecule is CCCCCCCCCCCCCCCC(=O)OC(O)C(=O)[C@@]1(O)CC[C@H]2[C@@H]3CCC4=CC(=O)CC[C@]4(C)[C@H]3[C@@H](O)C[C@@]21C. The Morgan fingerprint density at radius 1 is 0.909 bits per heavy atom. The summed E-state index contributed by atoms with van der Waals surface area (Å²) >= 11 is 0. The first-order chi connectivity index (χ1) is 21.0. The molecule has 0 amide bonds. The Hall–Kier alpha value is -1.57. The largest absolute Gasteiger partial charge is 0.428 e. The van der Waals surface area contributed by atoms with Gasteiger partial charge in [-0.05, 0) is 74.2 Å². The second-order valence-electron chi connectivity index (χ2n) is 15.2. The van der Waals surface area contributed by atoms with Crippen LogP contribution in [0.1, 0.15) is 156 Å². The van der Waals surface area contributed by atoms with Gasteiger partial charge in [-0.1, -0.05) is 103 Å². The average Bonchev–Trinajstić information content (AvgIpc) is 3.25. The van der Waals surface area contributed by atoms with E-state index >= 15 is 0 Å². The van der Waals surface area contributed by atoms with Crippen LogP contribution in [0.2, 0.25) is 0 Å². The number of allylic oxidation sites excluding steroid dienone is 1. The van der Waals surface area contributed by atoms with Gasteiger partial charge >= 0.3 is 5.97 Å². The molecular weight excluding hydrogens is 556 g/mol. The molecule has 3 N–H and O–H groups in total. The first kappa shape index (κ1) is 35.3. The number of Topliss-reactive ketones (excluding diaryl/α,β-unsaturated/α-hetero) is 1. The van der Waals surface area contributed by atoms with Crippen LogP contribution in [0.5, 0.6) is 0 Å². The number of aliphatic hydroxyl groups excluding tert-OH is 2. The third-order valence-corrected chi connectivity index (χ3v) is 12.4. The van der Waals surface area contributed by atoms with Crippen molar-refractivity contribution in [2.24, 2.45) is 28.6 Å². The molecule has 4 rings (SSSR count). The van der Waals surface area contributed by atoms with Crippen molar-refractivity contribution < 1.29 is 34.4 Å². The highest BCUT2D eigenvalue weighted by Crippen LogP contribution is 2.67. The van der Waals surface area contributed by atoms with Gasteiger partial charge in [0.2, 0.25) is 5.78 Å². The van der Waals surface area contributed by atoms with E-state index in [4.69, 9.17) is 4.74 Å². The lowest BCUT2D eigenvalue weighted by atomic mass is 9.45. The zero-order valence-corrected chi connectivity index (χ0v) is 27.8. The number of unbranched alkanes of at least 4 members (excludes halogenated alkanes) is 12. The van der Waals surface area contributed by atoms with Gasteiger partial charge in [-0.2, -0.15) is 0 Å². The third kappa shape index (κ3) is 7.36. The van der Waals surface area contributed by atoms with Gasteiger partial charge in [0.1, 0.15) is 5.60 Å². The van der Waals surface area contributed by atoms with Crippen LogP contribution in [-0.2, 0) is 19.1 Å². The Balaban J connectivity index is 1.21. The van der Waals surface area contributed by atoms with E-state index in [2.05, 4.69) is 13.8 Å². The van der Waals surface area contributed by atoms with E-state index < -0.39 is 35.2 Å². The summed E-state index contributed by atoms with van der Waals surface area (Å²) in [5, 5.41) is 34.1. The lowest BCUT2D eigenvalue weighted by Crippen LogP contribution is -2.63. The minimum atomic E-state index is -2.01. The van der Waals surface area contributed by atoms with Gasteiger partial charge in [-0.3, -0.25) is 14.4 Å². The van der Waals surface area contributed by atoms with E-state index in [0.29, 0.717) is 19.3 Å². The second-order valence-corrected chi connectivity index (χ2v) is 15.2. The molecule has 0 aromatic heterocycles. The zero-order valence-electron chi connectivity index (χ0n) is 27.8. The van der Waals surface area contributed by atoms with Crippen LogP contribution in [0.25, 0.3) is 0 Å². The summed E-state index contributed by atoms with van der Waals surface area (Å²) in [5.41, 5.74) is -1.94. The van der Waals surface area contributed by atoms with Crippen molar-refractivity contribution >= 4 is 17.5 Å². The molecule has 4 aliphatic carbocycles. The van der Waals surface area contributed by atoms with Gasteiger partial charge in [0.25, 0.3) is 6.29 Å². The normalized spacial score (nSPS) is 35.3. The van der Waals surface area contributed by atoms with Gasteiger partial charge < -0.3 is 20.1 Å². The Morgan fingerprint density at radius 3 is 2.11 bits per heavy atom. The fourth-order valence-electron chi connectivity index (χ4n) is 9.83. The maximum Gasteiger partial charge on any atom is 0.308 e. The molecule has 7 nitrogen and oxygen atoms in total. The Kier molecular flexibility index (Phi) is 12.3. The maximum absolute atomic E-state index is 13.5. The highest BCUT2D eigenvalue weighted by atomic mass is 16.6. The molecule has 0 aliphatic heterocycles. The Morgan fingerprint density at radius 2 is 1.50 bits per heavy atom. The summed E-state index contributed by atoms with van der Waals surface area (Å²) in [6, 6.07) is 0. The Bertz CT molecular complexity index is 1040. The number of ketones is 2. The molecule has 8 atom stereocenters. The minimum Gasteiger partial charge on any atom is -0.428 e. The molecule has 3 saturated carbocycles. The van der Waals surface area contributed by atoms with E-state index in [1.54, 1.807) is 6.08 Å². The quantitative estimate of drug-likeness (QED) is 0.0903. The van der Waals surface area contributed by atoms with E-state index in [0.717, 1.165) is 44.1 Å². The third-order valence-electron chi connectivity index (χ3n) is 12.4. The van der Waals surface area contributed by atoms with Gasteiger partial charge in [0.05, 0.1) is 6.10 Å². The van der Waals surface area contributed by atoms with Crippen molar-refractivity contribution in [2.45, 2.75) is 174 Å². The van der Waals surface area contributed by atoms with Gasteiger partial charge in [0.15, 0.2) is 5.78 Å². The summed E-state index contributed by atoms with van der Waals surface area (Å²) in [6.07, 6.45) is 18.6. The number of esters is 1. The van der Waals surface area contributed by atoms with Crippen LogP contribution >= 0.6 is 0 Å². The van der Waals surface area contributed by atoms with Crippen molar-refractivity contribution in [3.63, 3.8) is 0 Å². The molecule has 0 aromatic carbocycles. The summed E-state index contributed by atoms with van der Waals surface area (Å²) in [4.78, 5) is 38.2. The van der Waals surface area contributed by atoms with Crippen LogP contribution < -0.4 is 0 Å². The summed E-state index contributed by atoms with van der Waals surface area (Å²) in [5.74, 6) is -1.26. The number of hydrogen-bond donors (Lipinski definition) is 3. The fourth-order valence-corrected chi connectivity index (χ4v) is 9.83. The van der Waals surface area contributed by atoms with Gasteiger partial charge in [-0.15, -0.1) is 0 Å². The summed E-state index contributed by atoms with van der Waals surface area (Å²) in [6.45, 7) is 6.27. The van der Waals surface area contributed by atoms with E-state index in [1.165, 1.54) is 57.8 Å². The number of hydrogen-bond acceptors (Lipinski definition) is 7. The van der Waals surface area contributed by atoms with Crippen molar-refractivity contribution in [2.75, 3.05) is 0 Å². The lowest BCUT2D eigenvalue weighted by molar-refractivity contribution is -0.204. The lowest BCUT2D eigenvalue weighted by Gasteiger charge is -2.60. The molecule has 44 heavy (non-hydrogen) atoms. The maximum atomic E-state index is 13.5. The van der Waals surface area contributed by atoms with Crippen molar-refractivity contribution in [3.8, 4) is 0 Å². The topological polar surface area (TPSA) is 121 Å². The van der Waals surface area contributed by atoms with Crippen LogP contribution in [0.3, 0.4) is 0 Å². The predicted octanol–water partition coefficient (Wildman–Crippen LogP) is 7.13. The van der Waals surface area contributed by atoms with E-state index in [1.807, 2.05) is 6.92 Å². The van der Waals surface area contributed by atoms with Crippen molar-refractivity contribution in [3.05, 3.63) is 11.6 Å². The molecule has 0 heterocycles. The average molecular weight is 617 g/mol. The van der Waals surface area contributed by atoms with Crippen LogP contribution in [-0.4, -0.2) is 50.9 Å². The van der Waals surface area contributed by atoms with Gasteiger partial charge in [0, 0.05) is 18.3 Å². The molecule has 0 aromatic rings. The summed E-state index contributed by atoms with van der Waals surface area (Å²) in [7, 11) is 0. The number of carbonyl (C=O) groups is 3. The van der Waals surface area contributed by atoms with E-state index in [9.17, 15) is 29.7 Å². The van der Waals surface area contributed by atoms with Crippen molar-refractivity contribution in [1.82, 2.24) is 0 Å². The number of rotatable bonds is 17. The molecule has 0 bridgehead atoms. The van der Waals surface area contributed by atoms with E-state index in [-0.39, 0.29) is 48.2 Å².